The van der Waals surface area contributed by atoms with Gasteiger partial charge in [-0.25, -0.2) is 0 Å². The summed E-state index contributed by atoms with van der Waals surface area (Å²) in [5, 5.41) is 2.80. The molecule has 3 rings (SSSR count). The topological polar surface area (TPSA) is 72.5 Å². The van der Waals surface area contributed by atoms with Crippen molar-refractivity contribution in [2.24, 2.45) is 17.8 Å². The Morgan fingerprint density at radius 2 is 1.75 bits per heavy atom. The molecule has 2 aliphatic rings. The number of hydrogen-bond acceptors (Lipinski definition) is 4. The lowest BCUT2D eigenvalue weighted by Gasteiger charge is -2.36. The van der Waals surface area contributed by atoms with Crippen LogP contribution in [0.15, 0.2) is 24.3 Å². The second kappa shape index (κ2) is 9.35. The van der Waals surface area contributed by atoms with E-state index in [1.165, 1.54) is 11.1 Å². The molecule has 152 valence electrons. The van der Waals surface area contributed by atoms with E-state index < -0.39 is 0 Å². The van der Waals surface area contributed by atoms with Gasteiger partial charge in [0.15, 0.2) is 6.61 Å². The van der Waals surface area contributed by atoms with Gasteiger partial charge in [0.1, 0.15) is 5.78 Å². The van der Waals surface area contributed by atoms with Crippen LogP contribution in [-0.4, -0.2) is 30.8 Å². The van der Waals surface area contributed by atoms with Crippen molar-refractivity contribution in [1.29, 1.82) is 0 Å². The number of nitrogens with one attached hydrogen (secondary N) is 1. The Balaban J connectivity index is 1.36. The number of fused-ring (bicyclic) bond motifs is 2. The zero-order valence-electron chi connectivity index (χ0n) is 16.9. The first-order valence-corrected chi connectivity index (χ1v) is 10.5. The van der Waals surface area contributed by atoms with Crippen molar-refractivity contribution in [2.75, 3.05) is 13.2 Å². The summed E-state index contributed by atoms with van der Waals surface area (Å²) in [6, 6.07) is 8.41. The highest BCUT2D eigenvalue weighted by Crippen LogP contribution is 2.40. The van der Waals surface area contributed by atoms with E-state index >= 15 is 0 Å². The van der Waals surface area contributed by atoms with Crippen LogP contribution >= 0.6 is 0 Å². The highest BCUT2D eigenvalue weighted by molar-refractivity contribution is 5.87. The Labute approximate surface area is 167 Å². The van der Waals surface area contributed by atoms with Crippen LogP contribution < -0.4 is 5.32 Å². The largest absolute Gasteiger partial charge is 0.455 e. The molecule has 2 atom stereocenters. The van der Waals surface area contributed by atoms with Gasteiger partial charge in [-0.15, -0.1) is 0 Å². The van der Waals surface area contributed by atoms with Gasteiger partial charge < -0.3 is 10.1 Å². The maximum absolute atomic E-state index is 12.3. The van der Waals surface area contributed by atoms with Gasteiger partial charge in [-0.1, -0.05) is 44.5 Å². The average molecular weight is 386 g/mol. The number of carbonyl (C=O) groups is 3. The number of ether oxygens (including phenoxy) is 1. The number of Topliss-reactive ketones (excluding diaryl/α,β-unsaturated/α-hetero) is 1. The van der Waals surface area contributed by atoms with E-state index in [2.05, 4.69) is 43.4 Å². The lowest BCUT2D eigenvalue weighted by Crippen LogP contribution is -2.40. The third-order valence-corrected chi connectivity index (χ3v) is 6.11. The fourth-order valence-electron chi connectivity index (χ4n) is 4.39. The molecule has 1 amide bonds. The molecular weight excluding hydrogens is 354 g/mol. The molecule has 28 heavy (non-hydrogen) atoms. The molecule has 0 aromatic heterocycles. The molecule has 1 aromatic carbocycles. The molecule has 0 aliphatic heterocycles. The predicted molar refractivity (Wildman–Crippen MR) is 107 cm³/mol. The molecule has 5 heteroatoms. The molecule has 1 N–H and O–H groups in total. The van der Waals surface area contributed by atoms with Crippen LogP contribution in [0.1, 0.15) is 63.0 Å². The third-order valence-electron chi connectivity index (χ3n) is 6.11. The van der Waals surface area contributed by atoms with Crippen LogP contribution in [0.2, 0.25) is 0 Å². The van der Waals surface area contributed by atoms with Gasteiger partial charge in [-0.3, -0.25) is 14.4 Å². The fourth-order valence-corrected chi connectivity index (χ4v) is 4.39. The van der Waals surface area contributed by atoms with E-state index in [0.29, 0.717) is 31.1 Å². The number of hydrogen-bond donors (Lipinski definition) is 1. The molecule has 2 saturated carbocycles. The normalized spacial score (nSPS) is 24.1. The first-order valence-electron chi connectivity index (χ1n) is 10.5. The molecule has 0 spiro atoms. The molecule has 0 radical (unpaired) electrons. The first kappa shape index (κ1) is 20.6. The van der Waals surface area contributed by atoms with Gasteiger partial charge >= 0.3 is 5.97 Å². The maximum Gasteiger partial charge on any atom is 0.309 e. The quantitative estimate of drug-likeness (QED) is 0.730. The van der Waals surface area contributed by atoms with Gasteiger partial charge in [0, 0.05) is 18.4 Å². The summed E-state index contributed by atoms with van der Waals surface area (Å²) in [6.45, 7) is 4.59. The number of ketones is 1. The summed E-state index contributed by atoms with van der Waals surface area (Å²) in [6.07, 6.45) is 4.76. The van der Waals surface area contributed by atoms with Crippen molar-refractivity contribution in [3.8, 4) is 0 Å². The number of amides is 1. The van der Waals surface area contributed by atoms with Crippen LogP contribution in [0.25, 0.3) is 0 Å². The lowest BCUT2D eigenvalue weighted by atomic mass is 9.67. The molecule has 2 fully saturated rings. The Hall–Kier alpha value is -2.17. The molecule has 2 aliphatic carbocycles. The molecule has 0 unspecified atom stereocenters. The van der Waals surface area contributed by atoms with Crippen LogP contribution in [0.5, 0.6) is 0 Å². The van der Waals surface area contributed by atoms with Crippen LogP contribution in [0, 0.1) is 17.8 Å². The van der Waals surface area contributed by atoms with Crippen molar-refractivity contribution in [3.05, 3.63) is 35.4 Å². The molecule has 1 aromatic rings. The monoisotopic (exact) mass is 385 g/mol. The molecule has 0 saturated heterocycles. The minimum atomic E-state index is -0.330. The Morgan fingerprint density at radius 1 is 1.11 bits per heavy atom. The smallest absolute Gasteiger partial charge is 0.309 e. The zero-order valence-corrected chi connectivity index (χ0v) is 16.9. The number of benzene rings is 1. The fraction of sp³-hybridized carbons (Fsp3) is 0.609. The molecule has 2 bridgehead atoms. The van der Waals surface area contributed by atoms with E-state index in [0.717, 1.165) is 25.7 Å². The van der Waals surface area contributed by atoms with E-state index in [1.807, 2.05) is 0 Å². The van der Waals surface area contributed by atoms with Gasteiger partial charge in [0.25, 0.3) is 5.91 Å². The molecule has 0 heterocycles. The van der Waals surface area contributed by atoms with Crippen LogP contribution in [0.4, 0.5) is 0 Å². The van der Waals surface area contributed by atoms with Crippen molar-refractivity contribution in [2.45, 2.75) is 58.3 Å². The first-order chi connectivity index (χ1) is 13.4. The van der Waals surface area contributed by atoms with Crippen molar-refractivity contribution >= 4 is 17.7 Å². The second-order valence-electron chi connectivity index (χ2n) is 8.50. The van der Waals surface area contributed by atoms with E-state index in [4.69, 9.17) is 4.74 Å². The summed E-state index contributed by atoms with van der Waals surface area (Å²) in [7, 11) is 0. The third kappa shape index (κ3) is 5.21. The SMILES string of the molecule is CC(C)c1ccc(CCNC(=O)COC(=O)C2C[C@H]3CCC[C@H](C2)C3=O)cc1. The number of rotatable bonds is 7. The van der Waals surface area contributed by atoms with Crippen LogP contribution in [-0.2, 0) is 25.5 Å². The summed E-state index contributed by atoms with van der Waals surface area (Å²) in [5.41, 5.74) is 2.47. The van der Waals surface area contributed by atoms with E-state index in [9.17, 15) is 14.4 Å². The number of esters is 1. The van der Waals surface area contributed by atoms with Crippen molar-refractivity contribution in [1.82, 2.24) is 5.32 Å². The average Bonchev–Trinajstić information content (AvgIpc) is 2.66. The van der Waals surface area contributed by atoms with Gasteiger partial charge in [0.05, 0.1) is 5.92 Å². The number of carbonyl (C=O) groups excluding carboxylic acids is 3. The highest BCUT2D eigenvalue weighted by Gasteiger charge is 2.41. The lowest BCUT2D eigenvalue weighted by molar-refractivity contribution is -0.156. The minimum absolute atomic E-state index is 0.0148. The van der Waals surface area contributed by atoms with Gasteiger partial charge in [-0.05, 0) is 49.1 Å². The summed E-state index contributed by atoms with van der Waals surface area (Å²) < 4.78 is 5.23. The van der Waals surface area contributed by atoms with Crippen molar-refractivity contribution in [3.63, 3.8) is 0 Å². The Morgan fingerprint density at radius 3 is 2.36 bits per heavy atom. The molecule has 5 nitrogen and oxygen atoms in total. The van der Waals surface area contributed by atoms with E-state index in [1.54, 1.807) is 0 Å². The zero-order chi connectivity index (χ0) is 20.1. The van der Waals surface area contributed by atoms with Crippen LogP contribution in [0.3, 0.4) is 0 Å². The maximum atomic E-state index is 12.3. The highest BCUT2D eigenvalue weighted by atomic mass is 16.5. The molecular formula is C23H31NO4. The van der Waals surface area contributed by atoms with Gasteiger partial charge in [0.2, 0.25) is 0 Å². The second-order valence-corrected chi connectivity index (χ2v) is 8.50. The van der Waals surface area contributed by atoms with E-state index in [-0.39, 0.29) is 36.2 Å². The standard InChI is InChI=1S/C23H31NO4/c1-15(2)17-8-6-16(7-9-17)10-11-24-21(25)14-28-23(27)20-12-18-4-3-5-19(13-20)22(18)26/h6-9,15,18-20H,3-5,10-14H2,1-2H3,(H,24,25)/t18-,19-/m1/s1. The Bertz CT molecular complexity index is 694. The Kier molecular flexibility index (Phi) is 6.87. The summed E-state index contributed by atoms with van der Waals surface area (Å²) in [5.74, 6) is 0.0185. The van der Waals surface area contributed by atoms with Crippen molar-refractivity contribution < 1.29 is 19.1 Å². The summed E-state index contributed by atoms with van der Waals surface area (Å²) >= 11 is 0. The predicted octanol–water partition coefficient (Wildman–Crippen LogP) is 3.41. The minimum Gasteiger partial charge on any atom is -0.455 e. The van der Waals surface area contributed by atoms with Gasteiger partial charge in [-0.2, -0.15) is 0 Å². The summed E-state index contributed by atoms with van der Waals surface area (Å²) in [4.78, 5) is 36.4.